The molecule has 1 aromatic carbocycles. The highest BCUT2D eigenvalue weighted by atomic mass is 19.4. The van der Waals surface area contributed by atoms with Crippen LogP contribution < -0.4 is 10.1 Å². The Hall–Kier alpha value is -1.76. The predicted octanol–water partition coefficient (Wildman–Crippen LogP) is 1.95. The molecule has 0 aromatic heterocycles. The normalized spacial score (nSPS) is 16.4. The zero-order valence-corrected chi connectivity index (χ0v) is 11.4. The molecule has 1 aliphatic heterocycles. The summed E-state index contributed by atoms with van der Waals surface area (Å²) in [6.07, 6.45) is -3.60. The predicted molar refractivity (Wildman–Crippen MR) is 70.9 cm³/mol. The highest BCUT2D eigenvalue weighted by Crippen LogP contribution is 2.22. The maximum Gasteiger partial charge on any atom is 0.573 e. The van der Waals surface area contributed by atoms with Crippen LogP contribution in [0.2, 0.25) is 0 Å². The van der Waals surface area contributed by atoms with Crippen molar-refractivity contribution in [3.63, 3.8) is 0 Å². The van der Waals surface area contributed by atoms with E-state index < -0.39 is 6.36 Å². The van der Waals surface area contributed by atoms with Crippen molar-refractivity contribution < 1.29 is 22.7 Å². The summed E-state index contributed by atoms with van der Waals surface area (Å²) in [4.78, 5) is 13.9. The maximum absolute atomic E-state index is 12.1. The smallest absolute Gasteiger partial charge is 0.406 e. The number of carbonyl (C=O) groups excluding carboxylic acids is 1. The zero-order valence-electron chi connectivity index (χ0n) is 11.4. The molecular formula is C14H17F3N2O2. The lowest BCUT2D eigenvalue weighted by atomic mass is 10.1. The molecule has 1 amide bonds. The van der Waals surface area contributed by atoms with E-state index in [-0.39, 0.29) is 18.1 Å². The summed E-state index contributed by atoms with van der Waals surface area (Å²) in [5.74, 6) is -0.291. The third kappa shape index (κ3) is 5.26. The topological polar surface area (TPSA) is 41.6 Å². The van der Waals surface area contributed by atoms with Crippen LogP contribution in [0.25, 0.3) is 0 Å². The lowest BCUT2D eigenvalue weighted by Gasteiger charge is -2.20. The van der Waals surface area contributed by atoms with Crippen LogP contribution in [-0.4, -0.2) is 43.3 Å². The molecule has 1 aromatic rings. The zero-order chi connectivity index (χ0) is 15.3. The summed E-state index contributed by atoms with van der Waals surface area (Å²) in [6, 6.07) is 5.41. The first-order chi connectivity index (χ1) is 9.94. The summed E-state index contributed by atoms with van der Waals surface area (Å²) in [6.45, 7) is 3.03. The Bertz CT molecular complexity index is 466. The molecule has 0 unspecified atom stereocenters. The standard InChI is InChI=1S/C14H17F3N2O2/c15-14(16,17)21-12-4-2-11(3-5-12)10-13(20)19-8-1-6-18-7-9-19/h2-5,18H,1,6-10H2. The fraction of sp³-hybridized carbons (Fsp3) is 0.500. The summed E-state index contributed by atoms with van der Waals surface area (Å²) in [5, 5.41) is 3.21. The van der Waals surface area contributed by atoms with Gasteiger partial charge in [0.25, 0.3) is 0 Å². The number of ether oxygens (including phenoxy) is 1. The van der Waals surface area contributed by atoms with Crippen molar-refractivity contribution in [2.24, 2.45) is 0 Å². The largest absolute Gasteiger partial charge is 0.573 e. The minimum Gasteiger partial charge on any atom is -0.406 e. The Kier molecular flexibility index (Phi) is 5.06. The number of amides is 1. The summed E-state index contributed by atoms with van der Waals surface area (Å²) < 4.78 is 39.9. The van der Waals surface area contributed by atoms with Crippen molar-refractivity contribution >= 4 is 5.91 Å². The van der Waals surface area contributed by atoms with Crippen molar-refractivity contribution in [2.75, 3.05) is 26.2 Å². The first-order valence-corrected chi connectivity index (χ1v) is 6.77. The monoisotopic (exact) mass is 302 g/mol. The summed E-state index contributed by atoms with van der Waals surface area (Å²) in [5.41, 5.74) is 0.673. The Morgan fingerprint density at radius 3 is 2.57 bits per heavy atom. The molecule has 0 aliphatic carbocycles. The molecule has 116 valence electrons. The molecule has 21 heavy (non-hydrogen) atoms. The number of carbonyl (C=O) groups is 1. The number of alkyl halides is 3. The fourth-order valence-corrected chi connectivity index (χ4v) is 2.19. The van der Waals surface area contributed by atoms with Gasteiger partial charge in [-0.25, -0.2) is 0 Å². The highest BCUT2D eigenvalue weighted by Gasteiger charge is 2.31. The second kappa shape index (κ2) is 6.80. The third-order valence-electron chi connectivity index (χ3n) is 3.21. The quantitative estimate of drug-likeness (QED) is 0.928. The Morgan fingerprint density at radius 2 is 1.90 bits per heavy atom. The first-order valence-electron chi connectivity index (χ1n) is 6.77. The summed E-state index contributed by atoms with van der Waals surface area (Å²) >= 11 is 0. The lowest BCUT2D eigenvalue weighted by molar-refractivity contribution is -0.274. The van der Waals surface area contributed by atoms with Gasteiger partial charge in [0.15, 0.2) is 0 Å². The van der Waals surface area contributed by atoms with Crippen LogP contribution in [-0.2, 0) is 11.2 Å². The van der Waals surface area contributed by atoms with Crippen molar-refractivity contribution in [1.82, 2.24) is 10.2 Å². The average molecular weight is 302 g/mol. The molecule has 7 heteroatoms. The van der Waals surface area contributed by atoms with Gasteiger partial charge in [-0.1, -0.05) is 12.1 Å². The van der Waals surface area contributed by atoms with Gasteiger partial charge >= 0.3 is 6.36 Å². The van der Waals surface area contributed by atoms with Gasteiger partial charge in [-0.15, -0.1) is 13.2 Å². The van der Waals surface area contributed by atoms with Gasteiger partial charge in [0.1, 0.15) is 5.75 Å². The third-order valence-corrected chi connectivity index (χ3v) is 3.21. The average Bonchev–Trinajstić information content (AvgIpc) is 2.68. The van der Waals surface area contributed by atoms with Gasteiger partial charge in [-0.3, -0.25) is 4.79 Å². The van der Waals surface area contributed by atoms with Gasteiger partial charge < -0.3 is 15.0 Å². The van der Waals surface area contributed by atoms with Crippen molar-refractivity contribution in [1.29, 1.82) is 0 Å². The van der Waals surface area contributed by atoms with E-state index in [1.807, 2.05) is 0 Å². The minimum absolute atomic E-state index is 0.0109. The highest BCUT2D eigenvalue weighted by molar-refractivity contribution is 5.78. The number of rotatable bonds is 3. The van der Waals surface area contributed by atoms with E-state index in [1.165, 1.54) is 24.3 Å². The van der Waals surface area contributed by atoms with E-state index in [1.54, 1.807) is 4.90 Å². The SMILES string of the molecule is O=C(Cc1ccc(OC(F)(F)F)cc1)N1CCCNCC1. The van der Waals surface area contributed by atoms with Gasteiger partial charge in [-0.05, 0) is 30.7 Å². The second-order valence-corrected chi connectivity index (χ2v) is 4.85. The molecule has 0 atom stereocenters. The van der Waals surface area contributed by atoms with Crippen LogP contribution in [0.5, 0.6) is 5.75 Å². The molecular weight excluding hydrogens is 285 g/mol. The van der Waals surface area contributed by atoms with Crippen LogP contribution in [0.1, 0.15) is 12.0 Å². The molecule has 4 nitrogen and oxygen atoms in total. The van der Waals surface area contributed by atoms with Crippen molar-refractivity contribution in [2.45, 2.75) is 19.2 Å². The van der Waals surface area contributed by atoms with E-state index in [0.29, 0.717) is 18.7 Å². The van der Waals surface area contributed by atoms with E-state index in [4.69, 9.17) is 0 Å². The Labute approximate surface area is 120 Å². The van der Waals surface area contributed by atoms with Crippen LogP contribution in [0.15, 0.2) is 24.3 Å². The molecule has 1 saturated heterocycles. The Balaban J connectivity index is 1.91. The van der Waals surface area contributed by atoms with E-state index >= 15 is 0 Å². The molecule has 1 N–H and O–H groups in total. The second-order valence-electron chi connectivity index (χ2n) is 4.85. The first kappa shape index (κ1) is 15.6. The van der Waals surface area contributed by atoms with Gasteiger partial charge in [0, 0.05) is 19.6 Å². The van der Waals surface area contributed by atoms with Gasteiger partial charge in [0.2, 0.25) is 5.91 Å². The van der Waals surface area contributed by atoms with E-state index in [0.717, 1.165) is 19.5 Å². The van der Waals surface area contributed by atoms with Crippen LogP contribution in [0.4, 0.5) is 13.2 Å². The number of hydrogen-bond donors (Lipinski definition) is 1. The van der Waals surface area contributed by atoms with E-state index in [2.05, 4.69) is 10.1 Å². The molecule has 1 heterocycles. The fourth-order valence-electron chi connectivity index (χ4n) is 2.19. The van der Waals surface area contributed by atoms with Gasteiger partial charge in [-0.2, -0.15) is 0 Å². The Morgan fingerprint density at radius 1 is 1.19 bits per heavy atom. The molecule has 1 aliphatic rings. The van der Waals surface area contributed by atoms with Gasteiger partial charge in [0.05, 0.1) is 6.42 Å². The summed E-state index contributed by atoms with van der Waals surface area (Å²) in [7, 11) is 0. The van der Waals surface area contributed by atoms with Crippen LogP contribution in [0.3, 0.4) is 0 Å². The van der Waals surface area contributed by atoms with Crippen LogP contribution >= 0.6 is 0 Å². The molecule has 2 rings (SSSR count). The molecule has 1 fully saturated rings. The molecule has 0 saturated carbocycles. The molecule has 0 spiro atoms. The number of benzene rings is 1. The number of halogens is 3. The molecule has 0 bridgehead atoms. The maximum atomic E-state index is 12.1. The minimum atomic E-state index is -4.70. The lowest BCUT2D eigenvalue weighted by Crippen LogP contribution is -2.35. The molecule has 0 radical (unpaired) electrons. The van der Waals surface area contributed by atoms with Crippen molar-refractivity contribution in [3.8, 4) is 5.75 Å². The number of nitrogens with one attached hydrogen (secondary N) is 1. The van der Waals surface area contributed by atoms with E-state index in [9.17, 15) is 18.0 Å². The van der Waals surface area contributed by atoms with Crippen molar-refractivity contribution in [3.05, 3.63) is 29.8 Å². The van der Waals surface area contributed by atoms with Crippen LogP contribution in [0, 0.1) is 0 Å². The number of nitrogens with zero attached hydrogens (tertiary/aromatic N) is 1. The number of hydrogen-bond acceptors (Lipinski definition) is 3.